The van der Waals surface area contributed by atoms with Crippen molar-refractivity contribution < 1.29 is 9.84 Å². The summed E-state index contributed by atoms with van der Waals surface area (Å²) in [6.45, 7) is 6.50. The largest absolute Gasteiger partial charge is 0.368 e. The first-order valence-corrected chi connectivity index (χ1v) is 13.2. The quantitative estimate of drug-likeness (QED) is 0.105. The van der Waals surface area contributed by atoms with Crippen LogP contribution in [-0.2, 0) is 4.74 Å². The summed E-state index contributed by atoms with van der Waals surface area (Å²) < 4.78 is 5.59. The van der Waals surface area contributed by atoms with E-state index in [4.69, 9.17) is 4.74 Å². The molecule has 3 heteroatoms. The summed E-state index contributed by atoms with van der Waals surface area (Å²) in [7, 11) is 0. The van der Waals surface area contributed by atoms with Gasteiger partial charge in [0.2, 0.25) is 0 Å². The topological polar surface area (TPSA) is 29.5 Å². The average Bonchev–Trinajstić information content (AvgIpc) is 2.68. The van der Waals surface area contributed by atoms with Crippen molar-refractivity contribution in [1.29, 1.82) is 0 Å². The van der Waals surface area contributed by atoms with Crippen molar-refractivity contribution in [2.45, 2.75) is 154 Å². The molecule has 0 aromatic carbocycles. The highest BCUT2D eigenvalue weighted by Gasteiger charge is 2.16. The Hall–Kier alpha value is 0.270. The minimum absolute atomic E-state index is 0.126. The molecule has 0 aliphatic carbocycles. The molecule has 28 heavy (non-hydrogen) atoms. The Morgan fingerprint density at radius 1 is 0.643 bits per heavy atom. The molecule has 0 saturated carbocycles. The normalized spacial score (nSPS) is 14.9. The van der Waals surface area contributed by atoms with E-state index in [2.05, 4.69) is 26.5 Å². The molecule has 0 bridgehead atoms. The van der Waals surface area contributed by atoms with E-state index in [1.807, 2.05) is 6.92 Å². The lowest BCUT2D eigenvalue weighted by Gasteiger charge is -2.23. The fraction of sp³-hybridized carbons (Fsp3) is 1.00. The monoisotopic (exact) mass is 416 g/mol. The number of ether oxygens (including phenoxy) is 1. The first-order chi connectivity index (χ1) is 13.6. The second-order valence-electron chi connectivity index (χ2n) is 8.73. The fourth-order valence-corrected chi connectivity index (χ4v) is 4.39. The van der Waals surface area contributed by atoms with E-state index >= 15 is 0 Å². The maximum absolute atomic E-state index is 9.71. The fourth-order valence-electron chi connectivity index (χ4n) is 3.96. The van der Waals surface area contributed by atoms with Crippen LogP contribution in [0.5, 0.6) is 0 Å². The summed E-state index contributed by atoms with van der Waals surface area (Å²) in [4.78, 5) is 0. The van der Waals surface area contributed by atoms with E-state index in [0.717, 1.165) is 6.42 Å². The van der Waals surface area contributed by atoms with Crippen molar-refractivity contribution in [3.63, 3.8) is 0 Å². The van der Waals surface area contributed by atoms with Crippen LogP contribution in [-0.4, -0.2) is 16.8 Å². The summed E-state index contributed by atoms with van der Waals surface area (Å²) in [6, 6.07) is 0. The lowest BCUT2D eigenvalue weighted by molar-refractivity contribution is -0.114. The van der Waals surface area contributed by atoms with E-state index in [1.165, 1.54) is 109 Å². The van der Waals surface area contributed by atoms with E-state index in [0.29, 0.717) is 12.3 Å². The molecule has 0 aliphatic rings. The molecule has 0 heterocycles. The van der Waals surface area contributed by atoms with E-state index in [1.54, 1.807) is 0 Å². The zero-order chi connectivity index (χ0) is 20.9. The highest BCUT2D eigenvalue weighted by atomic mass is 32.1. The SMILES string of the molecule is CCCCCCCCCCCCC(CCCCCCC)CC(S)OC(O)CC. The third-order valence-corrected chi connectivity index (χ3v) is 6.21. The summed E-state index contributed by atoms with van der Waals surface area (Å²) in [6.07, 6.45) is 24.3. The number of rotatable bonds is 22. The number of aliphatic hydroxyl groups excluding tert-OH is 1. The molecule has 170 valence electrons. The van der Waals surface area contributed by atoms with Crippen LogP contribution in [0.25, 0.3) is 0 Å². The molecule has 3 atom stereocenters. The number of unbranched alkanes of at least 4 members (excludes halogenated alkanes) is 13. The Morgan fingerprint density at radius 3 is 1.43 bits per heavy atom. The van der Waals surface area contributed by atoms with Crippen molar-refractivity contribution in [3.8, 4) is 0 Å². The van der Waals surface area contributed by atoms with Gasteiger partial charge in [0, 0.05) is 0 Å². The molecular formula is C25H52O2S. The third kappa shape index (κ3) is 19.6. The van der Waals surface area contributed by atoms with Gasteiger partial charge < -0.3 is 9.84 Å². The van der Waals surface area contributed by atoms with Crippen LogP contribution in [0.3, 0.4) is 0 Å². The zero-order valence-corrected chi connectivity index (χ0v) is 20.4. The predicted molar refractivity (Wildman–Crippen MR) is 128 cm³/mol. The van der Waals surface area contributed by atoms with Gasteiger partial charge in [-0.1, -0.05) is 130 Å². The minimum Gasteiger partial charge on any atom is -0.368 e. The average molecular weight is 417 g/mol. The van der Waals surface area contributed by atoms with Crippen LogP contribution in [0.15, 0.2) is 0 Å². The standard InChI is InChI=1S/C25H52O2S/c1-4-7-9-11-12-13-14-15-17-19-21-23(20-18-16-10-8-5-2)22-25(28)27-24(26)6-3/h23-26,28H,4-22H2,1-3H3. The molecule has 0 rings (SSSR count). The smallest absolute Gasteiger partial charge is 0.155 e. The Bertz CT molecular complexity index is 298. The van der Waals surface area contributed by atoms with Crippen molar-refractivity contribution in [3.05, 3.63) is 0 Å². The van der Waals surface area contributed by atoms with Gasteiger partial charge in [-0.2, -0.15) is 0 Å². The van der Waals surface area contributed by atoms with Gasteiger partial charge in [-0.05, 0) is 18.8 Å². The van der Waals surface area contributed by atoms with Crippen LogP contribution in [0, 0.1) is 5.92 Å². The zero-order valence-electron chi connectivity index (χ0n) is 19.5. The predicted octanol–water partition coefficient (Wildman–Crippen LogP) is 8.67. The number of aliphatic hydroxyl groups is 1. The first kappa shape index (κ1) is 28.3. The molecule has 0 saturated heterocycles. The van der Waals surface area contributed by atoms with Gasteiger partial charge in [0.15, 0.2) is 6.29 Å². The third-order valence-electron chi connectivity index (χ3n) is 5.88. The number of hydrogen-bond donors (Lipinski definition) is 2. The number of thiol groups is 1. The van der Waals surface area contributed by atoms with Crippen molar-refractivity contribution in [1.82, 2.24) is 0 Å². The van der Waals surface area contributed by atoms with E-state index in [9.17, 15) is 5.11 Å². The molecule has 0 radical (unpaired) electrons. The first-order valence-electron chi connectivity index (χ1n) is 12.7. The highest BCUT2D eigenvalue weighted by Crippen LogP contribution is 2.26. The molecule has 0 amide bonds. The van der Waals surface area contributed by atoms with Gasteiger partial charge in [0.05, 0.1) is 0 Å². The Balaban J connectivity index is 3.92. The van der Waals surface area contributed by atoms with E-state index < -0.39 is 6.29 Å². The van der Waals surface area contributed by atoms with Gasteiger partial charge >= 0.3 is 0 Å². The molecule has 0 aromatic rings. The van der Waals surface area contributed by atoms with Gasteiger partial charge in [-0.15, -0.1) is 12.6 Å². The van der Waals surface area contributed by atoms with Crippen molar-refractivity contribution in [2.75, 3.05) is 0 Å². The minimum atomic E-state index is -0.662. The molecule has 0 spiro atoms. The molecule has 0 aromatic heterocycles. The van der Waals surface area contributed by atoms with Crippen molar-refractivity contribution in [2.24, 2.45) is 5.92 Å². The number of hydrogen-bond acceptors (Lipinski definition) is 3. The van der Waals surface area contributed by atoms with Crippen molar-refractivity contribution >= 4 is 12.6 Å². The summed E-state index contributed by atoms with van der Waals surface area (Å²) in [5, 5.41) is 9.71. The molecule has 0 fully saturated rings. The van der Waals surface area contributed by atoms with E-state index in [-0.39, 0.29) is 5.44 Å². The maximum atomic E-state index is 9.71. The van der Waals surface area contributed by atoms with Gasteiger partial charge in [-0.25, -0.2) is 0 Å². The lowest BCUT2D eigenvalue weighted by Crippen LogP contribution is -2.20. The second-order valence-corrected chi connectivity index (χ2v) is 9.30. The summed E-state index contributed by atoms with van der Waals surface area (Å²) >= 11 is 4.59. The molecular weight excluding hydrogens is 364 g/mol. The van der Waals surface area contributed by atoms with Crippen LogP contribution >= 0.6 is 12.6 Å². The van der Waals surface area contributed by atoms with Crippen LogP contribution in [0.1, 0.15) is 143 Å². The Morgan fingerprint density at radius 2 is 1.04 bits per heavy atom. The van der Waals surface area contributed by atoms with Gasteiger partial charge in [-0.3, -0.25) is 0 Å². The van der Waals surface area contributed by atoms with Crippen LogP contribution < -0.4 is 0 Å². The molecule has 2 nitrogen and oxygen atoms in total. The second kappa shape index (κ2) is 22.0. The van der Waals surface area contributed by atoms with Crippen LogP contribution in [0.2, 0.25) is 0 Å². The van der Waals surface area contributed by atoms with Gasteiger partial charge in [0.25, 0.3) is 0 Å². The summed E-state index contributed by atoms with van der Waals surface area (Å²) in [5.74, 6) is 0.697. The van der Waals surface area contributed by atoms with Crippen LogP contribution in [0.4, 0.5) is 0 Å². The molecule has 0 aliphatic heterocycles. The molecule has 1 N–H and O–H groups in total. The lowest BCUT2D eigenvalue weighted by atomic mass is 9.91. The Kier molecular flexibility index (Phi) is 22.2. The van der Waals surface area contributed by atoms with Gasteiger partial charge in [0.1, 0.15) is 5.44 Å². The molecule has 3 unspecified atom stereocenters. The highest BCUT2D eigenvalue weighted by molar-refractivity contribution is 7.80. The maximum Gasteiger partial charge on any atom is 0.155 e. The Labute approximate surface area is 183 Å². The summed E-state index contributed by atoms with van der Waals surface area (Å²) in [5.41, 5.74) is -0.126.